The number of hydrogen-bond acceptors (Lipinski definition) is 6. The maximum Gasteiger partial charge on any atom is 0.276 e. The molecule has 0 fully saturated rings. The molecule has 4 aromatic heterocycles. The summed E-state index contributed by atoms with van der Waals surface area (Å²) in [5.74, 6) is -0.297. The van der Waals surface area contributed by atoms with E-state index in [0.29, 0.717) is 17.9 Å². The number of benzene rings is 1. The van der Waals surface area contributed by atoms with Crippen LogP contribution < -0.4 is 5.32 Å². The smallest absolute Gasteiger partial charge is 0.276 e. The molecule has 0 bridgehead atoms. The maximum absolute atomic E-state index is 12.7. The predicted octanol–water partition coefficient (Wildman–Crippen LogP) is 2.91. The molecule has 0 saturated heterocycles. The molecule has 4 heterocycles. The lowest BCUT2D eigenvalue weighted by Crippen LogP contribution is -2.12. The second-order valence-corrected chi connectivity index (χ2v) is 6.88. The third-order valence-electron chi connectivity index (χ3n) is 4.29. The van der Waals surface area contributed by atoms with Crippen molar-refractivity contribution in [2.24, 2.45) is 0 Å². The number of aromatic nitrogens is 7. The number of aromatic amines is 2. The molecule has 5 aromatic rings. The third-order valence-corrected chi connectivity index (χ3v) is 4.92. The summed E-state index contributed by atoms with van der Waals surface area (Å²) in [6.45, 7) is 0.557. The minimum absolute atomic E-state index is 0.297. The van der Waals surface area contributed by atoms with E-state index in [0.717, 1.165) is 27.9 Å². The summed E-state index contributed by atoms with van der Waals surface area (Å²) in [5, 5.41) is 23.8. The standard InChI is InChI=1S/C18H14N8OS/c27-18(22-12-6-21-26(7-12)8-13-9-28-10-19-13)17-14-2-1-11(5-16(14)24-25-17)15-3-4-20-23-15/h1-7,9-10H,8H2,(H,20,23)(H,22,27)(H,24,25). The number of rotatable bonds is 5. The van der Waals surface area contributed by atoms with Crippen LogP contribution in [0.1, 0.15) is 16.2 Å². The monoisotopic (exact) mass is 390 g/mol. The highest BCUT2D eigenvalue weighted by atomic mass is 32.1. The molecule has 1 aromatic carbocycles. The maximum atomic E-state index is 12.7. The van der Waals surface area contributed by atoms with Crippen molar-refractivity contribution >= 4 is 33.8 Å². The first kappa shape index (κ1) is 16.4. The number of carbonyl (C=O) groups excluding carboxylic acids is 1. The van der Waals surface area contributed by atoms with Gasteiger partial charge in [-0.3, -0.25) is 19.7 Å². The molecule has 3 N–H and O–H groups in total. The second kappa shape index (κ2) is 6.74. The Hall–Kier alpha value is -3.79. The van der Waals surface area contributed by atoms with E-state index in [9.17, 15) is 4.79 Å². The van der Waals surface area contributed by atoms with Gasteiger partial charge in [0.25, 0.3) is 5.91 Å². The number of carbonyl (C=O) groups is 1. The molecule has 0 spiro atoms. The van der Waals surface area contributed by atoms with Gasteiger partial charge in [-0.2, -0.15) is 15.3 Å². The first-order valence-corrected chi connectivity index (χ1v) is 9.39. The van der Waals surface area contributed by atoms with Gasteiger partial charge in [0.05, 0.1) is 40.8 Å². The molecule has 10 heteroatoms. The van der Waals surface area contributed by atoms with Gasteiger partial charge in [-0.1, -0.05) is 6.07 Å². The molecule has 138 valence electrons. The van der Waals surface area contributed by atoms with Gasteiger partial charge >= 0.3 is 0 Å². The van der Waals surface area contributed by atoms with E-state index in [-0.39, 0.29) is 5.91 Å². The highest BCUT2D eigenvalue weighted by Crippen LogP contribution is 2.24. The van der Waals surface area contributed by atoms with E-state index >= 15 is 0 Å². The fraction of sp³-hybridized carbons (Fsp3) is 0.0556. The summed E-state index contributed by atoms with van der Waals surface area (Å²) < 4.78 is 1.73. The molecule has 5 rings (SSSR count). The van der Waals surface area contributed by atoms with Crippen LogP contribution in [-0.4, -0.2) is 41.1 Å². The van der Waals surface area contributed by atoms with Crippen LogP contribution in [0.4, 0.5) is 5.69 Å². The molecule has 1 amide bonds. The van der Waals surface area contributed by atoms with Gasteiger partial charge in [-0.05, 0) is 18.2 Å². The molecule has 0 atom stereocenters. The Morgan fingerprint density at radius 1 is 1.25 bits per heavy atom. The largest absolute Gasteiger partial charge is 0.318 e. The molecule has 28 heavy (non-hydrogen) atoms. The number of H-pyrrole nitrogens is 2. The lowest BCUT2D eigenvalue weighted by atomic mass is 10.1. The number of thiazole rings is 1. The topological polar surface area (TPSA) is 117 Å². The number of anilines is 1. The van der Waals surface area contributed by atoms with Crippen molar-refractivity contribution in [3.63, 3.8) is 0 Å². The fourth-order valence-corrected chi connectivity index (χ4v) is 3.51. The van der Waals surface area contributed by atoms with E-state index < -0.39 is 0 Å². The average molecular weight is 390 g/mol. The van der Waals surface area contributed by atoms with Crippen molar-refractivity contribution < 1.29 is 4.79 Å². The minimum atomic E-state index is -0.297. The Labute approximate surface area is 162 Å². The van der Waals surface area contributed by atoms with Gasteiger partial charge in [0.1, 0.15) is 0 Å². The highest BCUT2D eigenvalue weighted by molar-refractivity contribution is 7.07. The SMILES string of the molecule is O=C(Nc1cnn(Cc2cscn2)c1)c1n[nH]c2cc(-c3ccn[nH]3)ccc12. The Bertz CT molecular complexity index is 1240. The van der Waals surface area contributed by atoms with E-state index in [2.05, 4.69) is 35.8 Å². The van der Waals surface area contributed by atoms with Crippen molar-refractivity contribution in [1.29, 1.82) is 0 Å². The van der Waals surface area contributed by atoms with Gasteiger partial charge in [-0.25, -0.2) is 4.98 Å². The molecular weight excluding hydrogens is 376 g/mol. The molecule has 0 saturated carbocycles. The van der Waals surface area contributed by atoms with Crippen molar-refractivity contribution in [1.82, 2.24) is 35.2 Å². The Balaban J connectivity index is 1.35. The van der Waals surface area contributed by atoms with Gasteiger partial charge < -0.3 is 5.32 Å². The lowest BCUT2D eigenvalue weighted by molar-refractivity contribution is 0.102. The summed E-state index contributed by atoms with van der Waals surface area (Å²) >= 11 is 1.54. The second-order valence-electron chi connectivity index (χ2n) is 6.16. The number of nitrogens with zero attached hydrogens (tertiary/aromatic N) is 5. The Kier molecular flexibility index (Phi) is 3.95. The fourth-order valence-electron chi connectivity index (χ4n) is 2.96. The first-order chi connectivity index (χ1) is 13.8. The van der Waals surface area contributed by atoms with Crippen LogP contribution in [0.15, 0.2) is 53.7 Å². The van der Waals surface area contributed by atoms with Gasteiger partial charge in [0.2, 0.25) is 0 Å². The normalized spacial score (nSPS) is 11.1. The molecule has 0 aliphatic heterocycles. The van der Waals surface area contributed by atoms with Crippen LogP contribution in [0, 0.1) is 0 Å². The minimum Gasteiger partial charge on any atom is -0.318 e. The van der Waals surface area contributed by atoms with Crippen LogP contribution in [-0.2, 0) is 6.54 Å². The number of nitrogens with one attached hydrogen (secondary N) is 3. The molecule has 0 unspecified atom stereocenters. The zero-order chi connectivity index (χ0) is 18.9. The van der Waals surface area contributed by atoms with Gasteiger partial charge in [-0.15, -0.1) is 11.3 Å². The predicted molar refractivity (Wildman–Crippen MR) is 105 cm³/mol. The summed E-state index contributed by atoms with van der Waals surface area (Å²) in [6.07, 6.45) is 5.07. The number of amides is 1. The molecular formula is C18H14N8OS. The summed E-state index contributed by atoms with van der Waals surface area (Å²) in [6, 6.07) is 7.61. The summed E-state index contributed by atoms with van der Waals surface area (Å²) in [4.78, 5) is 16.9. The zero-order valence-electron chi connectivity index (χ0n) is 14.5. The highest BCUT2D eigenvalue weighted by Gasteiger charge is 2.16. The summed E-state index contributed by atoms with van der Waals surface area (Å²) in [7, 11) is 0. The lowest BCUT2D eigenvalue weighted by Gasteiger charge is -2.01. The van der Waals surface area contributed by atoms with Crippen molar-refractivity contribution in [3.8, 4) is 11.3 Å². The molecule has 0 radical (unpaired) electrons. The van der Waals surface area contributed by atoms with Crippen LogP contribution >= 0.6 is 11.3 Å². The molecule has 0 aliphatic rings. The van der Waals surface area contributed by atoms with E-state index in [1.165, 1.54) is 11.3 Å². The van der Waals surface area contributed by atoms with Crippen molar-refractivity contribution in [3.05, 3.63) is 65.1 Å². The van der Waals surface area contributed by atoms with Crippen molar-refractivity contribution in [2.45, 2.75) is 6.54 Å². The van der Waals surface area contributed by atoms with Crippen LogP contribution in [0.25, 0.3) is 22.2 Å². The zero-order valence-corrected chi connectivity index (χ0v) is 15.3. The number of hydrogen-bond donors (Lipinski definition) is 3. The van der Waals surface area contributed by atoms with E-state index in [1.54, 1.807) is 28.8 Å². The molecule has 0 aliphatic carbocycles. The average Bonchev–Trinajstić information content (AvgIpc) is 3.49. The van der Waals surface area contributed by atoms with Crippen LogP contribution in [0.5, 0.6) is 0 Å². The van der Waals surface area contributed by atoms with Gasteiger partial charge in [0.15, 0.2) is 5.69 Å². The quantitative estimate of drug-likeness (QED) is 0.426. The first-order valence-electron chi connectivity index (χ1n) is 8.45. The summed E-state index contributed by atoms with van der Waals surface area (Å²) in [5.41, 5.74) is 6.28. The van der Waals surface area contributed by atoms with E-state index in [1.807, 2.05) is 29.6 Å². The van der Waals surface area contributed by atoms with Gasteiger partial charge in [0, 0.05) is 28.7 Å². The van der Waals surface area contributed by atoms with E-state index in [4.69, 9.17) is 0 Å². The van der Waals surface area contributed by atoms with Crippen LogP contribution in [0.2, 0.25) is 0 Å². The Morgan fingerprint density at radius 2 is 2.21 bits per heavy atom. The van der Waals surface area contributed by atoms with Crippen molar-refractivity contribution in [2.75, 3.05) is 5.32 Å². The Morgan fingerprint density at radius 3 is 3.04 bits per heavy atom. The third kappa shape index (κ3) is 3.05. The molecule has 9 nitrogen and oxygen atoms in total. The van der Waals surface area contributed by atoms with Crippen LogP contribution in [0.3, 0.4) is 0 Å². The number of fused-ring (bicyclic) bond motifs is 1.